The largest absolute Gasteiger partial charge is 0.480 e. The summed E-state index contributed by atoms with van der Waals surface area (Å²) in [7, 11) is 0. The number of carboxylic acid groups (broad SMARTS) is 1. The van der Waals surface area contributed by atoms with Crippen LogP contribution in [0, 0.1) is 5.92 Å². The number of nitrogens with one attached hydrogen (secondary N) is 1. The lowest BCUT2D eigenvalue weighted by Gasteiger charge is -2.17. The number of halogens is 1. The maximum atomic E-state index is 11.7. The lowest BCUT2D eigenvalue weighted by atomic mass is 9.89. The minimum atomic E-state index is -1.04. The number of hydrogen-bond acceptors (Lipinski definition) is 5. The Hall–Kier alpha value is -2.88. The Labute approximate surface area is 194 Å². The Morgan fingerprint density at radius 1 is 1.22 bits per heavy atom. The molecule has 1 aromatic heterocycles. The summed E-state index contributed by atoms with van der Waals surface area (Å²) in [5, 5.41) is 12.2. The van der Waals surface area contributed by atoms with Gasteiger partial charge in [0.05, 0.1) is 5.56 Å². The van der Waals surface area contributed by atoms with Gasteiger partial charge in [-0.3, -0.25) is 14.9 Å². The summed E-state index contributed by atoms with van der Waals surface area (Å²) in [5.41, 5.74) is 19.1. The van der Waals surface area contributed by atoms with E-state index >= 15 is 0 Å². The molecule has 1 aromatic carbocycles. The van der Waals surface area contributed by atoms with Crippen molar-refractivity contribution in [1.82, 2.24) is 0 Å². The number of thiophene rings is 1. The zero-order valence-corrected chi connectivity index (χ0v) is 18.8. The lowest BCUT2D eigenvalue weighted by Crippen LogP contribution is -2.29. The molecule has 3 rings (SSSR count). The summed E-state index contributed by atoms with van der Waals surface area (Å²) in [6.45, 7) is 0. The SMILES string of the molecule is NC(=O)Nc1sc(-c2ccc(/C(=C/C[C@H](N)C(=O)O)C3CCCC3)cc2Cl)cc1C(N)=O. The number of carbonyl (C=O) groups is 3. The van der Waals surface area contributed by atoms with E-state index in [1.54, 1.807) is 6.07 Å². The zero-order valence-electron chi connectivity index (χ0n) is 17.3. The number of anilines is 1. The van der Waals surface area contributed by atoms with E-state index in [4.69, 9.17) is 33.9 Å². The van der Waals surface area contributed by atoms with E-state index in [0.29, 0.717) is 21.4 Å². The molecular weight excluding hydrogens is 452 g/mol. The number of nitrogens with two attached hydrogens (primary N) is 3. The highest BCUT2D eigenvalue weighted by molar-refractivity contribution is 7.20. The Kier molecular flexibility index (Phi) is 7.55. The summed E-state index contributed by atoms with van der Waals surface area (Å²) in [6, 6.07) is 5.39. The predicted molar refractivity (Wildman–Crippen MR) is 127 cm³/mol. The maximum Gasteiger partial charge on any atom is 0.320 e. The molecule has 3 amide bonds. The quantitative estimate of drug-likeness (QED) is 0.387. The number of carboxylic acids is 1. The van der Waals surface area contributed by atoms with Crippen molar-refractivity contribution in [3.8, 4) is 10.4 Å². The summed E-state index contributed by atoms with van der Waals surface area (Å²) in [5.74, 6) is -1.40. The number of allylic oxidation sites excluding steroid dienone is 1. The average Bonchev–Trinajstić information content (AvgIpc) is 3.38. The van der Waals surface area contributed by atoms with Crippen LogP contribution in [0.4, 0.5) is 9.80 Å². The third-order valence-corrected chi connectivity index (χ3v) is 6.90. The number of carbonyl (C=O) groups excluding carboxylic acids is 2. The number of hydrogen-bond donors (Lipinski definition) is 5. The minimum absolute atomic E-state index is 0.151. The standard InChI is InChI=1S/C22H25ClN4O4S/c23-16-9-12(13(11-3-1-2-4-11)7-8-17(24)21(29)30)5-6-14(16)18-10-15(19(25)28)20(32-18)27-22(26)31/h5-7,9-11,17H,1-4,8,24H2,(H2,25,28)(H,29,30)(H3,26,27,31)/b13-7+/t17-/m0/s1. The van der Waals surface area contributed by atoms with Crippen molar-refractivity contribution in [3.05, 3.63) is 46.5 Å². The van der Waals surface area contributed by atoms with Crippen molar-refractivity contribution in [2.75, 3.05) is 5.32 Å². The van der Waals surface area contributed by atoms with Gasteiger partial charge in [0, 0.05) is 15.5 Å². The van der Waals surface area contributed by atoms with Gasteiger partial charge in [0.1, 0.15) is 11.0 Å². The van der Waals surface area contributed by atoms with Gasteiger partial charge in [0.15, 0.2) is 0 Å². The van der Waals surface area contributed by atoms with Crippen LogP contribution in [0.25, 0.3) is 16.0 Å². The molecule has 32 heavy (non-hydrogen) atoms. The smallest absolute Gasteiger partial charge is 0.320 e. The van der Waals surface area contributed by atoms with Crippen LogP contribution in [0.15, 0.2) is 30.3 Å². The molecule has 0 saturated heterocycles. The van der Waals surface area contributed by atoms with Crippen molar-refractivity contribution in [2.45, 2.75) is 38.1 Å². The summed E-state index contributed by atoms with van der Waals surface area (Å²) in [6.07, 6.45) is 6.45. The molecule has 1 saturated carbocycles. The molecule has 10 heteroatoms. The minimum Gasteiger partial charge on any atom is -0.480 e. The molecule has 1 aliphatic rings. The van der Waals surface area contributed by atoms with Crippen molar-refractivity contribution >= 4 is 51.4 Å². The van der Waals surface area contributed by atoms with E-state index in [9.17, 15) is 14.4 Å². The number of rotatable bonds is 8. The molecule has 0 aliphatic heterocycles. The van der Waals surface area contributed by atoms with Gasteiger partial charge < -0.3 is 22.3 Å². The van der Waals surface area contributed by atoms with Crippen LogP contribution < -0.4 is 22.5 Å². The Morgan fingerprint density at radius 2 is 1.91 bits per heavy atom. The molecule has 0 spiro atoms. The molecule has 170 valence electrons. The predicted octanol–water partition coefficient (Wildman–Crippen LogP) is 4.03. The van der Waals surface area contributed by atoms with E-state index < -0.39 is 23.9 Å². The van der Waals surface area contributed by atoms with Crippen LogP contribution in [0.3, 0.4) is 0 Å². The first-order valence-electron chi connectivity index (χ1n) is 10.2. The third kappa shape index (κ3) is 5.48. The third-order valence-electron chi connectivity index (χ3n) is 5.51. The van der Waals surface area contributed by atoms with Crippen molar-refractivity contribution in [2.24, 2.45) is 23.1 Å². The summed E-state index contributed by atoms with van der Waals surface area (Å²) >= 11 is 7.75. The van der Waals surface area contributed by atoms with E-state index in [-0.39, 0.29) is 17.0 Å². The van der Waals surface area contributed by atoms with Gasteiger partial charge in [-0.05, 0) is 48.4 Å². The van der Waals surface area contributed by atoms with Crippen LogP contribution in [0.5, 0.6) is 0 Å². The van der Waals surface area contributed by atoms with Crippen LogP contribution >= 0.6 is 22.9 Å². The van der Waals surface area contributed by atoms with Crippen LogP contribution in [-0.4, -0.2) is 29.1 Å². The normalized spacial score (nSPS) is 15.5. The molecule has 1 fully saturated rings. The van der Waals surface area contributed by atoms with Crippen LogP contribution in [0.2, 0.25) is 5.02 Å². The highest BCUT2D eigenvalue weighted by Gasteiger charge is 2.23. The first kappa shape index (κ1) is 23.8. The van der Waals surface area contributed by atoms with E-state index in [2.05, 4.69) is 5.32 Å². The van der Waals surface area contributed by atoms with Gasteiger partial charge in [0.25, 0.3) is 5.91 Å². The molecule has 0 unspecified atom stereocenters. The monoisotopic (exact) mass is 476 g/mol. The average molecular weight is 477 g/mol. The number of benzene rings is 1. The van der Waals surface area contributed by atoms with E-state index in [0.717, 1.165) is 48.2 Å². The summed E-state index contributed by atoms with van der Waals surface area (Å²) < 4.78 is 0. The maximum absolute atomic E-state index is 11.7. The van der Waals surface area contributed by atoms with Gasteiger partial charge in [-0.1, -0.05) is 42.7 Å². The Balaban J connectivity index is 1.96. The van der Waals surface area contributed by atoms with Crippen molar-refractivity contribution in [1.29, 1.82) is 0 Å². The van der Waals surface area contributed by atoms with Gasteiger partial charge in [0.2, 0.25) is 0 Å². The number of primary amides is 2. The zero-order chi connectivity index (χ0) is 23.4. The molecule has 1 atom stereocenters. The topological polar surface area (TPSA) is 162 Å². The van der Waals surface area contributed by atoms with Gasteiger partial charge in [-0.2, -0.15) is 0 Å². The second-order valence-corrected chi connectivity index (χ2v) is 9.18. The highest BCUT2D eigenvalue weighted by atomic mass is 35.5. The molecule has 1 heterocycles. The second kappa shape index (κ2) is 10.2. The fourth-order valence-electron chi connectivity index (χ4n) is 3.92. The van der Waals surface area contributed by atoms with Gasteiger partial charge in [-0.25, -0.2) is 4.79 Å². The number of urea groups is 1. The molecule has 1 aliphatic carbocycles. The van der Waals surface area contributed by atoms with Gasteiger partial charge >= 0.3 is 12.0 Å². The molecule has 0 bridgehead atoms. The van der Waals surface area contributed by atoms with Crippen LogP contribution in [-0.2, 0) is 4.79 Å². The highest BCUT2D eigenvalue weighted by Crippen LogP contribution is 2.42. The molecule has 0 radical (unpaired) electrons. The fourth-order valence-corrected chi connectivity index (χ4v) is 5.36. The first-order valence-corrected chi connectivity index (χ1v) is 11.4. The Morgan fingerprint density at radius 3 is 2.47 bits per heavy atom. The fraction of sp³-hybridized carbons (Fsp3) is 0.318. The molecule has 2 aromatic rings. The molecular formula is C22H25ClN4O4S. The van der Waals surface area contributed by atoms with Gasteiger partial charge in [-0.15, -0.1) is 11.3 Å². The summed E-state index contributed by atoms with van der Waals surface area (Å²) in [4.78, 5) is 34.8. The van der Waals surface area contributed by atoms with E-state index in [1.165, 1.54) is 0 Å². The second-order valence-electron chi connectivity index (χ2n) is 7.72. The molecule has 8 N–H and O–H groups in total. The Bertz CT molecular complexity index is 1080. The van der Waals surface area contributed by atoms with Crippen molar-refractivity contribution in [3.63, 3.8) is 0 Å². The first-order chi connectivity index (χ1) is 15.2. The lowest BCUT2D eigenvalue weighted by molar-refractivity contribution is -0.138. The number of aliphatic carboxylic acids is 1. The van der Waals surface area contributed by atoms with E-state index in [1.807, 2.05) is 24.3 Å². The van der Waals surface area contributed by atoms with Crippen LogP contribution in [0.1, 0.15) is 48.0 Å². The molecule has 8 nitrogen and oxygen atoms in total. The number of amides is 3. The van der Waals surface area contributed by atoms with Crippen molar-refractivity contribution < 1.29 is 19.5 Å².